The quantitative estimate of drug-likeness (QED) is 0.854. The largest absolute Gasteiger partial charge is 0.315 e. The number of nitrogens with zero attached hydrogens (tertiary/aromatic N) is 1. The Morgan fingerprint density at radius 1 is 1.26 bits per heavy atom. The molecule has 0 aliphatic carbocycles. The lowest BCUT2D eigenvalue weighted by Gasteiger charge is -2.36. The predicted molar refractivity (Wildman–Crippen MR) is 78.1 cm³/mol. The van der Waals surface area contributed by atoms with Crippen molar-refractivity contribution in [3.8, 4) is 0 Å². The van der Waals surface area contributed by atoms with E-state index in [1.54, 1.807) is 12.1 Å². The summed E-state index contributed by atoms with van der Waals surface area (Å²) in [5.74, 6) is 1.80. The van der Waals surface area contributed by atoms with Crippen LogP contribution in [0.5, 0.6) is 0 Å². The Kier molecular flexibility index (Phi) is 4.41. The van der Waals surface area contributed by atoms with Crippen LogP contribution in [0.4, 0.5) is 4.39 Å². The first-order chi connectivity index (χ1) is 9.33. The SMILES string of the molecule is Fc1ccc(SCCN2CCCC3CNCC32)cc1. The van der Waals surface area contributed by atoms with Crippen molar-refractivity contribution in [1.29, 1.82) is 0 Å². The number of piperidine rings is 1. The van der Waals surface area contributed by atoms with E-state index in [4.69, 9.17) is 0 Å². The molecule has 1 aromatic carbocycles. The molecule has 2 nitrogen and oxygen atoms in total. The van der Waals surface area contributed by atoms with Crippen molar-refractivity contribution in [1.82, 2.24) is 10.2 Å². The van der Waals surface area contributed by atoms with Crippen LogP contribution in [0.25, 0.3) is 0 Å². The zero-order valence-corrected chi connectivity index (χ0v) is 12.0. The number of halogens is 1. The maximum Gasteiger partial charge on any atom is 0.123 e. The van der Waals surface area contributed by atoms with Crippen LogP contribution in [0.1, 0.15) is 12.8 Å². The molecule has 2 unspecified atom stereocenters. The zero-order valence-electron chi connectivity index (χ0n) is 11.1. The van der Waals surface area contributed by atoms with Crippen LogP contribution in [0.3, 0.4) is 0 Å². The van der Waals surface area contributed by atoms with Gasteiger partial charge >= 0.3 is 0 Å². The minimum Gasteiger partial charge on any atom is -0.315 e. The summed E-state index contributed by atoms with van der Waals surface area (Å²) in [5, 5.41) is 3.52. The summed E-state index contributed by atoms with van der Waals surface area (Å²) in [6.07, 6.45) is 2.73. The van der Waals surface area contributed by atoms with Crippen molar-refractivity contribution in [3.63, 3.8) is 0 Å². The molecule has 4 heteroatoms. The maximum atomic E-state index is 12.8. The molecule has 0 spiro atoms. The fourth-order valence-corrected chi connectivity index (χ4v) is 4.14. The number of rotatable bonds is 4. The van der Waals surface area contributed by atoms with Gasteiger partial charge in [0.1, 0.15) is 5.82 Å². The van der Waals surface area contributed by atoms with Crippen molar-refractivity contribution in [2.45, 2.75) is 23.8 Å². The molecule has 0 aromatic heterocycles. The standard InChI is InChI=1S/C15H21FN2S/c16-13-3-5-14(6-4-13)19-9-8-18-7-1-2-12-10-17-11-15(12)18/h3-6,12,15,17H,1-2,7-11H2. The van der Waals surface area contributed by atoms with E-state index in [1.807, 2.05) is 23.9 Å². The lowest BCUT2D eigenvalue weighted by Crippen LogP contribution is -2.45. The van der Waals surface area contributed by atoms with Gasteiger partial charge in [-0.3, -0.25) is 4.90 Å². The summed E-state index contributed by atoms with van der Waals surface area (Å²) < 4.78 is 12.8. The monoisotopic (exact) mass is 280 g/mol. The highest BCUT2D eigenvalue weighted by atomic mass is 32.2. The number of likely N-dealkylation sites (tertiary alicyclic amines) is 1. The third-order valence-electron chi connectivity index (χ3n) is 4.25. The number of hydrogen-bond donors (Lipinski definition) is 1. The average molecular weight is 280 g/mol. The molecular weight excluding hydrogens is 259 g/mol. The van der Waals surface area contributed by atoms with E-state index in [0.717, 1.165) is 30.8 Å². The minimum absolute atomic E-state index is 0.153. The number of hydrogen-bond acceptors (Lipinski definition) is 3. The van der Waals surface area contributed by atoms with Gasteiger partial charge in [0.05, 0.1) is 0 Å². The van der Waals surface area contributed by atoms with Crippen molar-refractivity contribution < 1.29 is 4.39 Å². The molecule has 2 aliphatic heterocycles. The molecule has 2 atom stereocenters. The second kappa shape index (κ2) is 6.25. The van der Waals surface area contributed by atoms with Gasteiger partial charge < -0.3 is 5.32 Å². The Balaban J connectivity index is 1.48. The second-order valence-electron chi connectivity index (χ2n) is 5.47. The molecule has 104 valence electrons. The maximum absolute atomic E-state index is 12.8. The van der Waals surface area contributed by atoms with Crippen molar-refractivity contribution in [2.24, 2.45) is 5.92 Å². The third-order valence-corrected chi connectivity index (χ3v) is 5.25. The van der Waals surface area contributed by atoms with E-state index in [2.05, 4.69) is 10.2 Å². The number of thioether (sulfide) groups is 1. The van der Waals surface area contributed by atoms with E-state index in [-0.39, 0.29) is 5.82 Å². The van der Waals surface area contributed by atoms with Crippen molar-refractivity contribution in [3.05, 3.63) is 30.1 Å². The van der Waals surface area contributed by atoms with E-state index < -0.39 is 0 Å². The molecule has 0 amide bonds. The van der Waals surface area contributed by atoms with Crippen LogP contribution >= 0.6 is 11.8 Å². The van der Waals surface area contributed by atoms with Gasteiger partial charge in [-0.25, -0.2) is 4.39 Å². The first-order valence-electron chi connectivity index (χ1n) is 7.16. The van der Waals surface area contributed by atoms with Crippen molar-refractivity contribution >= 4 is 11.8 Å². The number of nitrogens with one attached hydrogen (secondary N) is 1. The van der Waals surface area contributed by atoms with E-state index >= 15 is 0 Å². The summed E-state index contributed by atoms with van der Waals surface area (Å²) in [5.41, 5.74) is 0. The first kappa shape index (κ1) is 13.4. The molecule has 2 aliphatic rings. The molecule has 2 saturated heterocycles. The van der Waals surface area contributed by atoms with Crippen LogP contribution in [0.2, 0.25) is 0 Å². The molecule has 2 heterocycles. The lowest BCUT2D eigenvalue weighted by molar-refractivity contribution is 0.133. The van der Waals surface area contributed by atoms with Crippen LogP contribution in [-0.2, 0) is 0 Å². The van der Waals surface area contributed by atoms with Gasteiger partial charge in [-0.2, -0.15) is 0 Å². The Morgan fingerprint density at radius 3 is 2.95 bits per heavy atom. The summed E-state index contributed by atoms with van der Waals surface area (Å²) in [6.45, 7) is 4.75. The first-order valence-corrected chi connectivity index (χ1v) is 8.14. The fraction of sp³-hybridized carbons (Fsp3) is 0.600. The molecule has 3 rings (SSSR count). The van der Waals surface area contributed by atoms with Crippen LogP contribution in [-0.4, -0.2) is 42.9 Å². The molecule has 1 aromatic rings. The van der Waals surface area contributed by atoms with Gasteiger partial charge in [-0.15, -0.1) is 11.8 Å². The summed E-state index contributed by atoms with van der Waals surface area (Å²) in [4.78, 5) is 3.81. The highest BCUT2D eigenvalue weighted by molar-refractivity contribution is 7.99. The van der Waals surface area contributed by atoms with Crippen LogP contribution in [0, 0.1) is 11.7 Å². The molecule has 0 saturated carbocycles. The van der Waals surface area contributed by atoms with E-state index in [1.165, 1.54) is 30.8 Å². The van der Waals surface area contributed by atoms with E-state index in [9.17, 15) is 4.39 Å². The summed E-state index contributed by atoms with van der Waals surface area (Å²) >= 11 is 1.83. The van der Waals surface area contributed by atoms with Gasteiger partial charge in [0.2, 0.25) is 0 Å². The summed E-state index contributed by atoms with van der Waals surface area (Å²) in [6, 6.07) is 7.58. The average Bonchev–Trinajstić information content (AvgIpc) is 2.90. The van der Waals surface area contributed by atoms with E-state index in [0.29, 0.717) is 0 Å². The van der Waals surface area contributed by atoms with Gasteiger partial charge in [-0.1, -0.05) is 0 Å². The van der Waals surface area contributed by atoms with Gasteiger partial charge in [0.15, 0.2) is 0 Å². The topological polar surface area (TPSA) is 15.3 Å². The van der Waals surface area contributed by atoms with Crippen molar-refractivity contribution in [2.75, 3.05) is 31.9 Å². The van der Waals surface area contributed by atoms with Gasteiger partial charge in [-0.05, 0) is 56.1 Å². The Labute approximate surface area is 118 Å². The zero-order chi connectivity index (χ0) is 13.1. The molecule has 19 heavy (non-hydrogen) atoms. The molecule has 0 bridgehead atoms. The summed E-state index contributed by atoms with van der Waals surface area (Å²) in [7, 11) is 0. The normalized spacial score (nSPS) is 27.4. The van der Waals surface area contributed by atoms with Gasteiger partial charge in [0, 0.05) is 29.8 Å². The van der Waals surface area contributed by atoms with Gasteiger partial charge in [0.25, 0.3) is 0 Å². The lowest BCUT2D eigenvalue weighted by atomic mass is 9.92. The Hall–Kier alpha value is -0.580. The number of fused-ring (bicyclic) bond motifs is 1. The number of benzene rings is 1. The molecule has 1 N–H and O–H groups in total. The second-order valence-corrected chi connectivity index (χ2v) is 6.63. The van der Waals surface area contributed by atoms with Crippen LogP contribution < -0.4 is 5.32 Å². The predicted octanol–water partition coefficient (Wildman–Crippen LogP) is 2.60. The van der Waals surface area contributed by atoms with Crippen LogP contribution in [0.15, 0.2) is 29.2 Å². The molecule has 0 radical (unpaired) electrons. The molecular formula is C15H21FN2S. The highest BCUT2D eigenvalue weighted by Gasteiger charge is 2.34. The highest BCUT2D eigenvalue weighted by Crippen LogP contribution is 2.27. The third kappa shape index (κ3) is 3.30. The molecule has 2 fully saturated rings. The Morgan fingerprint density at radius 2 is 2.11 bits per heavy atom. The smallest absolute Gasteiger partial charge is 0.123 e. The Bertz CT molecular complexity index is 409. The fourth-order valence-electron chi connectivity index (χ4n) is 3.25. The minimum atomic E-state index is -0.153.